The first-order valence-electron chi connectivity index (χ1n) is 10.8. The largest absolute Gasteiger partial charge is 0.493 e. The summed E-state index contributed by atoms with van der Waals surface area (Å²) in [5.41, 5.74) is 2.37. The summed E-state index contributed by atoms with van der Waals surface area (Å²) >= 11 is 0. The standard InChI is InChI=1S/C27H20O8/c1-32-20-5-3-4-16(25(20)33-2)12-21-24(29)17-10-11-19-23(26(17)35-21)18(13-22(28)34-19)14-6-8-15(9-7-14)27(30)31/h3-12,18H,13H2,1-2H3,(H,30,31)/b21-12-/t18-/m1/s1. The van der Waals surface area contributed by atoms with E-state index in [1.807, 2.05) is 0 Å². The van der Waals surface area contributed by atoms with Crippen molar-refractivity contribution in [2.75, 3.05) is 14.2 Å². The van der Waals surface area contributed by atoms with Gasteiger partial charge in [-0.2, -0.15) is 0 Å². The highest BCUT2D eigenvalue weighted by atomic mass is 16.5. The lowest BCUT2D eigenvalue weighted by Gasteiger charge is -2.26. The number of carbonyl (C=O) groups excluding carboxylic acids is 2. The van der Waals surface area contributed by atoms with E-state index >= 15 is 0 Å². The van der Waals surface area contributed by atoms with Gasteiger partial charge in [-0.1, -0.05) is 24.3 Å². The summed E-state index contributed by atoms with van der Waals surface area (Å²) in [5.74, 6) is -0.561. The van der Waals surface area contributed by atoms with Crippen molar-refractivity contribution in [3.05, 3.63) is 88.2 Å². The minimum absolute atomic E-state index is 0.0240. The molecule has 176 valence electrons. The second-order valence-corrected chi connectivity index (χ2v) is 8.03. The fourth-order valence-electron chi connectivity index (χ4n) is 4.42. The molecular formula is C27H20O8. The highest BCUT2D eigenvalue weighted by Gasteiger charge is 2.38. The first-order valence-corrected chi connectivity index (χ1v) is 10.8. The summed E-state index contributed by atoms with van der Waals surface area (Å²) in [5, 5.41) is 9.21. The SMILES string of the molecule is COc1cccc(/C=C2\Oc3c(ccc4c3[C@@H](c3ccc(C(=O)O)cc3)CC(=O)O4)C2=O)c1OC. The Hall–Kier alpha value is -4.59. The molecule has 0 aromatic heterocycles. The topological polar surface area (TPSA) is 108 Å². The zero-order valence-corrected chi connectivity index (χ0v) is 18.9. The summed E-state index contributed by atoms with van der Waals surface area (Å²) in [6.07, 6.45) is 1.61. The Morgan fingerprint density at radius 2 is 1.77 bits per heavy atom. The third kappa shape index (κ3) is 3.78. The minimum Gasteiger partial charge on any atom is -0.493 e. The number of rotatable bonds is 5. The van der Waals surface area contributed by atoms with Crippen LogP contribution in [0.3, 0.4) is 0 Å². The van der Waals surface area contributed by atoms with Gasteiger partial charge >= 0.3 is 11.9 Å². The molecule has 0 spiro atoms. The Bertz CT molecular complexity index is 1400. The van der Waals surface area contributed by atoms with Gasteiger partial charge in [0.25, 0.3) is 0 Å². The number of benzene rings is 3. The van der Waals surface area contributed by atoms with Crippen molar-refractivity contribution in [2.45, 2.75) is 12.3 Å². The van der Waals surface area contributed by atoms with Crippen molar-refractivity contribution in [1.82, 2.24) is 0 Å². The van der Waals surface area contributed by atoms with E-state index in [2.05, 4.69) is 0 Å². The molecule has 8 heteroatoms. The van der Waals surface area contributed by atoms with Gasteiger partial charge in [-0.25, -0.2) is 4.79 Å². The van der Waals surface area contributed by atoms with Gasteiger partial charge in [0, 0.05) is 17.0 Å². The maximum absolute atomic E-state index is 13.2. The normalized spacial score (nSPS) is 17.3. The molecule has 0 bridgehead atoms. The van der Waals surface area contributed by atoms with Gasteiger partial charge in [0.15, 0.2) is 17.3 Å². The van der Waals surface area contributed by atoms with Crippen LogP contribution < -0.4 is 18.9 Å². The van der Waals surface area contributed by atoms with Crippen LogP contribution >= 0.6 is 0 Å². The first kappa shape index (κ1) is 22.2. The second-order valence-electron chi connectivity index (χ2n) is 8.03. The molecule has 0 radical (unpaired) electrons. The fraction of sp³-hybridized carbons (Fsp3) is 0.148. The first-order chi connectivity index (χ1) is 16.9. The quantitative estimate of drug-likeness (QED) is 0.329. The zero-order chi connectivity index (χ0) is 24.7. The molecule has 0 unspecified atom stereocenters. The van der Waals surface area contributed by atoms with E-state index < -0.39 is 17.9 Å². The predicted octanol–water partition coefficient (Wildman–Crippen LogP) is 4.46. The van der Waals surface area contributed by atoms with Crippen LogP contribution in [0.2, 0.25) is 0 Å². The van der Waals surface area contributed by atoms with Crippen LogP contribution in [0.5, 0.6) is 23.0 Å². The van der Waals surface area contributed by atoms with Gasteiger partial charge in [0.2, 0.25) is 5.78 Å². The lowest BCUT2D eigenvalue weighted by Crippen LogP contribution is -2.21. The highest BCUT2D eigenvalue weighted by Crippen LogP contribution is 2.49. The average Bonchev–Trinajstić information content (AvgIpc) is 3.18. The molecule has 3 aromatic rings. The molecule has 1 N–H and O–H groups in total. The second kappa shape index (κ2) is 8.64. The van der Waals surface area contributed by atoms with E-state index in [0.717, 1.165) is 0 Å². The maximum Gasteiger partial charge on any atom is 0.335 e. The van der Waals surface area contributed by atoms with Crippen molar-refractivity contribution in [3.63, 3.8) is 0 Å². The van der Waals surface area contributed by atoms with Gasteiger partial charge in [-0.05, 0) is 42.0 Å². The Balaban J connectivity index is 1.59. The number of Topliss-reactive ketones (excluding diaryl/α,β-unsaturated/α-hetero) is 1. The van der Waals surface area contributed by atoms with Crippen molar-refractivity contribution in [3.8, 4) is 23.0 Å². The molecule has 8 nitrogen and oxygen atoms in total. The summed E-state index contributed by atoms with van der Waals surface area (Å²) < 4.78 is 22.3. The third-order valence-corrected chi connectivity index (χ3v) is 6.06. The number of hydrogen-bond donors (Lipinski definition) is 1. The molecule has 2 aliphatic rings. The van der Waals surface area contributed by atoms with Gasteiger partial charge < -0.3 is 24.1 Å². The number of fused-ring (bicyclic) bond motifs is 3. The Labute approximate surface area is 200 Å². The van der Waals surface area contributed by atoms with Crippen LogP contribution in [0.25, 0.3) is 6.08 Å². The summed E-state index contributed by atoms with van der Waals surface area (Å²) in [6.45, 7) is 0. The number of ketones is 1. The monoisotopic (exact) mass is 472 g/mol. The molecular weight excluding hydrogens is 452 g/mol. The van der Waals surface area contributed by atoms with Crippen LogP contribution in [-0.4, -0.2) is 37.0 Å². The lowest BCUT2D eigenvalue weighted by atomic mass is 9.84. The van der Waals surface area contributed by atoms with E-state index in [1.54, 1.807) is 48.5 Å². The number of para-hydroxylation sites is 1. The molecule has 0 amide bonds. The van der Waals surface area contributed by atoms with Crippen LogP contribution in [0.4, 0.5) is 0 Å². The summed E-state index contributed by atoms with van der Waals surface area (Å²) in [7, 11) is 3.04. The molecule has 0 aliphatic carbocycles. The smallest absolute Gasteiger partial charge is 0.335 e. The highest BCUT2D eigenvalue weighted by molar-refractivity contribution is 6.15. The van der Waals surface area contributed by atoms with E-state index in [4.69, 9.17) is 18.9 Å². The fourth-order valence-corrected chi connectivity index (χ4v) is 4.42. The number of allylic oxidation sites excluding steroid dienone is 1. The summed E-state index contributed by atoms with van der Waals surface area (Å²) in [4.78, 5) is 36.8. The number of carbonyl (C=O) groups is 3. The summed E-state index contributed by atoms with van der Waals surface area (Å²) in [6, 6.07) is 14.7. The van der Waals surface area contributed by atoms with E-state index in [1.165, 1.54) is 26.4 Å². The van der Waals surface area contributed by atoms with Gasteiger partial charge in [-0.15, -0.1) is 0 Å². The van der Waals surface area contributed by atoms with Crippen LogP contribution in [0.15, 0.2) is 60.4 Å². The number of carboxylic acid groups (broad SMARTS) is 1. The Morgan fingerprint density at radius 3 is 2.46 bits per heavy atom. The number of methoxy groups -OCH3 is 2. The van der Waals surface area contributed by atoms with E-state index in [0.29, 0.717) is 45.3 Å². The van der Waals surface area contributed by atoms with Crippen molar-refractivity contribution in [2.24, 2.45) is 0 Å². The third-order valence-electron chi connectivity index (χ3n) is 6.06. The van der Waals surface area contributed by atoms with Gasteiger partial charge in [0.1, 0.15) is 11.5 Å². The molecule has 0 saturated carbocycles. The number of ether oxygens (including phenoxy) is 4. The number of carboxylic acids is 1. The van der Waals surface area contributed by atoms with E-state index in [-0.39, 0.29) is 23.5 Å². The maximum atomic E-state index is 13.2. The van der Waals surface area contributed by atoms with Crippen molar-refractivity contribution < 1.29 is 38.4 Å². The number of esters is 1. The molecule has 35 heavy (non-hydrogen) atoms. The number of aromatic carboxylic acids is 1. The lowest BCUT2D eigenvalue weighted by molar-refractivity contribution is -0.135. The minimum atomic E-state index is -1.04. The van der Waals surface area contributed by atoms with Crippen LogP contribution in [0, 0.1) is 0 Å². The van der Waals surface area contributed by atoms with Gasteiger partial charge in [-0.3, -0.25) is 9.59 Å². The number of hydrogen-bond acceptors (Lipinski definition) is 7. The molecule has 2 heterocycles. The average molecular weight is 472 g/mol. The zero-order valence-electron chi connectivity index (χ0n) is 18.9. The van der Waals surface area contributed by atoms with Gasteiger partial charge in [0.05, 0.1) is 31.8 Å². The van der Waals surface area contributed by atoms with Crippen molar-refractivity contribution >= 4 is 23.8 Å². The molecule has 2 aliphatic heterocycles. The predicted molar refractivity (Wildman–Crippen MR) is 124 cm³/mol. The van der Waals surface area contributed by atoms with Crippen molar-refractivity contribution in [1.29, 1.82) is 0 Å². The Kier molecular flexibility index (Phi) is 5.49. The van der Waals surface area contributed by atoms with E-state index in [9.17, 15) is 19.5 Å². The molecule has 5 rings (SSSR count). The molecule has 3 aromatic carbocycles. The Morgan fingerprint density at radius 1 is 1.00 bits per heavy atom. The molecule has 0 saturated heterocycles. The molecule has 0 fully saturated rings. The molecule has 1 atom stereocenters. The van der Waals surface area contributed by atoms with Crippen LogP contribution in [-0.2, 0) is 4.79 Å². The van der Waals surface area contributed by atoms with Crippen LogP contribution in [0.1, 0.15) is 49.7 Å².